The highest BCUT2D eigenvalue weighted by Crippen LogP contribution is 2.47. The van der Waals surface area contributed by atoms with E-state index in [1.54, 1.807) is 0 Å². The first-order chi connectivity index (χ1) is 11.3. The van der Waals surface area contributed by atoms with E-state index in [0.29, 0.717) is 26.0 Å². The normalized spacial score (nSPS) is 28.8. The van der Waals surface area contributed by atoms with Crippen LogP contribution in [0.15, 0.2) is 0 Å². The van der Waals surface area contributed by atoms with E-state index in [1.165, 1.54) is 0 Å². The van der Waals surface area contributed by atoms with Crippen molar-refractivity contribution in [2.75, 3.05) is 19.8 Å². The average molecular weight is 377 g/mol. The molecule has 0 amide bonds. The molecule has 3 nitrogen and oxygen atoms in total. The van der Waals surface area contributed by atoms with Gasteiger partial charge in [-0.25, -0.2) is 0 Å². The SMILES string of the molecule is CC(C)OC[C@@]12CCCN1[C@H](COC(C)(C(F)(F)F)C(F)(F)F)CC2. The van der Waals surface area contributed by atoms with Gasteiger partial charge < -0.3 is 9.47 Å². The van der Waals surface area contributed by atoms with Crippen LogP contribution in [-0.4, -0.2) is 60.3 Å². The second-order valence-electron chi connectivity index (χ2n) is 7.41. The Morgan fingerprint density at radius 3 is 2.20 bits per heavy atom. The Morgan fingerprint density at radius 2 is 1.68 bits per heavy atom. The lowest BCUT2D eigenvalue weighted by Gasteiger charge is -2.38. The molecule has 2 heterocycles. The first-order valence-corrected chi connectivity index (χ1v) is 8.48. The summed E-state index contributed by atoms with van der Waals surface area (Å²) in [6.07, 6.45) is -8.12. The van der Waals surface area contributed by atoms with Crippen LogP contribution in [0.1, 0.15) is 46.5 Å². The largest absolute Gasteiger partial charge is 0.426 e. The number of fused-ring (bicyclic) bond motifs is 1. The number of halogens is 6. The summed E-state index contributed by atoms with van der Waals surface area (Å²) in [5.74, 6) is 0. The van der Waals surface area contributed by atoms with Crippen molar-refractivity contribution in [2.24, 2.45) is 0 Å². The van der Waals surface area contributed by atoms with Gasteiger partial charge in [-0.1, -0.05) is 0 Å². The zero-order valence-electron chi connectivity index (χ0n) is 14.6. The fraction of sp³-hybridized carbons (Fsp3) is 1.00. The predicted molar refractivity (Wildman–Crippen MR) is 79.2 cm³/mol. The van der Waals surface area contributed by atoms with Crippen LogP contribution in [0.2, 0.25) is 0 Å². The van der Waals surface area contributed by atoms with Crippen LogP contribution in [0, 0.1) is 0 Å². The van der Waals surface area contributed by atoms with Crippen molar-refractivity contribution >= 4 is 0 Å². The maximum Gasteiger partial charge on any atom is 0.426 e. The molecule has 0 aromatic carbocycles. The van der Waals surface area contributed by atoms with Crippen molar-refractivity contribution in [1.29, 1.82) is 0 Å². The van der Waals surface area contributed by atoms with Gasteiger partial charge in [0.25, 0.3) is 5.60 Å². The van der Waals surface area contributed by atoms with Crippen molar-refractivity contribution in [1.82, 2.24) is 4.90 Å². The van der Waals surface area contributed by atoms with Gasteiger partial charge in [0.1, 0.15) is 0 Å². The van der Waals surface area contributed by atoms with Gasteiger partial charge in [-0.05, 0) is 53.0 Å². The van der Waals surface area contributed by atoms with Gasteiger partial charge in [0.05, 0.1) is 19.3 Å². The lowest BCUT2D eigenvalue weighted by Crippen LogP contribution is -2.58. The minimum absolute atomic E-state index is 0.0193. The molecule has 2 atom stereocenters. The molecule has 2 fully saturated rings. The van der Waals surface area contributed by atoms with Crippen LogP contribution in [0.25, 0.3) is 0 Å². The first kappa shape index (κ1) is 20.8. The number of hydrogen-bond donors (Lipinski definition) is 0. The molecule has 2 aliphatic heterocycles. The molecule has 148 valence electrons. The zero-order chi connectivity index (χ0) is 19.1. The maximum absolute atomic E-state index is 12.9. The minimum Gasteiger partial charge on any atom is -0.377 e. The van der Waals surface area contributed by atoms with Gasteiger partial charge in [-0.15, -0.1) is 0 Å². The number of rotatable bonds is 6. The molecular weight excluding hydrogens is 352 g/mol. The van der Waals surface area contributed by atoms with Crippen molar-refractivity contribution in [3.8, 4) is 0 Å². The van der Waals surface area contributed by atoms with Crippen molar-refractivity contribution < 1.29 is 35.8 Å². The minimum atomic E-state index is -5.52. The summed E-state index contributed by atoms with van der Waals surface area (Å²) in [6.45, 7) is 4.33. The molecule has 0 N–H and O–H groups in total. The molecule has 2 rings (SSSR count). The number of hydrogen-bond acceptors (Lipinski definition) is 3. The van der Waals surface area contributed by atoms with Gasteiger partial charge in [-0.3, -0.25) is 4.90 Å². The van der Waals surface area contributed by atoms with Crippen LogP contribution in [0.5, 0.6) is 0 Å². The summed E-state index contributed by atoms with van der Waals surface area (Å²) >= 11 is 0. The van der Waals surface area contributed by atoms with Crippen LogP contribution in [0.3, 0.4) is 0 Å². The van der Waals surface area contributed by atoms with Crippen LogP contribution in [0.4, 0.5) is 26.3 Å². The van der Waals surface area contributed by atoms with Crippen molar-refractivity contribution in [2.45, 2.75) is 82.1 Å². The highest BCUT2D eigenvalue weighted by Gasteiger charge is 2.69. The topological polar surface area (TPSA) is 21.7 Å². The molecule has 0 unspecified atom stereocenters. The number of alkyl halides is 6. The van der Waals surface area contributed by atoms with E-state index in [2.05, 4.69) is 4.74 Å². The average Bonchev–Trinajstić information content (AvgIpc) is 2.99. The molecule has 0 saturated carbocycles. The second kappa shape index (κ2) is 6.88. The molecule has 0 aliphatic carbocycles. The van der Waals surface area contributed by atoms with Gasteiger partial charge in [-0.2, -0.15) is 26.3 Å². The van der Waals surface area contributed by atoms with E-state index in [0.717, 1.165) is 12.8 Å². The molecule has 25 heavy (non-hydrogen) atoms. The summed E-state index contributed by atoms with van der Waals surface area (Å²) < 4.78 is 87.9. The predicted octanol–water partition coefficient (Wildman–Crippen LogP) is 4.31. The summed E-state index contributed by atoms with van der Waals surface area (Å²) in [5.41, 5.74) is -4.44. The monoisotopic (exact) mass is 377 g/mol. The first-order valence-electron chi connectivity index (χ1n) is 8.48. The second-order valence-corrected chi connectivity index (χ2v) is 7.41. The Balaban J connectivity index is 2.06. The number of ether oxygens (including phenoxy) is 2. The Morgan fingerprint density at radius 1 is 1.08 bits per heavy atom. The maximum atomic E-state index is 12.9. The molecule has 0 bridgehead atoms. The molecule has 0 aromatic rings. The van der Waals surface area contributed by atoms with E-state index in [4.69, 9.17) is 4.74 Å². The lowest BCUT2D eigenvalue weighted by atomic mass is 9.95. The zero-order valence-corrected chi connectivity index (χ0v) is 14.6. The number of nitrogens with zero attached hydrogens (tertiary/aromatic N) is 1. The van der Waals surface area contributed by atoms with Crippen LogP contribution < -0.4 is 0 Å². The standard InChI is InChI=1S/C16H25F6NO2/c1-11(2)24-10-14-6-4-8-23(14)12(5-7-14)9-25-13(3,15(17,18)19)16(20,21)22/h11-12H,4-10H2,1-3H3/t12-,14-/m0/s1. The van der Waals surface area contributed by atoms with Crippen LogP contribution in [-0.2, 0) is 9.47 Å². The van der Waals surface area contributed by atoms with Gasteiger partial charge in [0, 0.05) is 11.6 Å². The highest BCUT2D eigenvalue weighted by atomic mass is 19.4. The molecule has 9 heteroatoms. The quantitative estimate of drug-likeness (QED) is 0.644. The molecular formula is C16H25F6NO2. The highest BCUT2D eigenvalue weighted by molar-refractivity contribution is 5.05. The van der Waals surface area contributed by atoms with E-state index in [-0.39, 0.29) is 18.6 Å². The summed E-state index contributed by atoms with van der Waals surface area (Å²) in [5, 5.41) is 0. The molecule has 2 saturated heterocycles. The molecule has 2 aliphatic rings. The van der Waals surface area contributed by atoms with Gasteiger partial charge >= 0.3 is 12.4 Å². The third-order valence-corrected chi connectivity index (χ3v) is 5.37. The Labute approximate surface area is 143 Å². The Kier molecular flexibility index (Phi) is 5.72. The molecule has 0 aromatic heterocycles. The van der Waals surface area contributed by atoms with Gasteiger partial charge in [0.15, 0.2) is 0 Å². The summed E-state index contributed by atoms with van der Waals surface area (Å²) in [7, 11) is 0. The molecule has 0 radical (unpaired) electrons. The van der Waals surface area contributed by atoms with Crippen molar-refractivity contribution in [3.05, 3.63) is 0 Å². The fourth-order valence-corrected chi connectivity index (χ4v) is 3.70. The van der Waals surface area contributed by atoms with E-state index in [9.17, 15) is 26.3 Å². The smallest absolute Gasteiger partial charge is 0.377 e. The van der Waals surface area contributed by atoms with Crippen LogP contribution >= 0.6 is 0 Å². The van der Waals surface area contributed by atoms with Gasteiger partial charge in [0.2, 0.25) is 0 Å². The van der Waals surface area contributed by atoms with E-state index < -0.39 is 30.6 Å². The van der Waals surface area contributed by atoms with Crippen molar-refractivity contribution in [3.63, 3.8) is 0 Å². The third-order valence-electron chi connectivity index (χ3n) is 5.37. The Bertz CT molecular complexity index is 451. The summed E-state index contributed by atoms with van der Waals surface area (Å²) in [6, 6.07) is -0.456. The van der Waals surface area contributed by atoms with E-state index >= 15 is 0 Å². The van der Waals surface area contributed by atoms with E-state index in [1.807, 2.05) is 18.7 Å². The summed E-state index contributed by atoms with van der Waals surface area (Å²) in [4.78, 5) is 1.99. The Hall–Kier alpha value is -0.540. The molecule has 0 spiro atoms. The lowest BCUT2D eigenvalue weighted by molar-refractivity contribution is -0.375. The fourth-order valence-electron chi connectivity index (χ4n) is 3.70. The third kappa shape index (κ3) is 3.93.